The number of sulfone groups is 1. The number of benzene rings is 1. The van der Waals surface area contributed by atoms with Crippen molar-refractivity contribution < 1.29 is 22.7 Å². The van der Waals surface area contributed by atoms with Crippen LogP contribution in [0.5, 0.6) is 11.5 Å². The Balaban J connectivity index is 2.28. The molecule has 7 heteroatoms. The second-order valence-corrected chi connectivity index (χ2v) is 8.76. The maximum absolute atomic E-state index is 13.0. The molecule has 0 bridgehead atoms. The zero-order valence-electron chi connectivity index (χ0n) is 15.2. The Morgan fingerprint density at radius 1 is 1.16 bits per heavy atom. The summed E-state index contributed by atoms with van der Waals surface area (Å²) in [5, 5.41) is 1.69. The van der Waals surface area contributed by atoms with Crippen LogP contribution >= 0.6 is 0 Å². The number of methoxy groups -OCH3 is 2. The quantitative estimate of drug-likeness (QED) is 0.833. The fourth-order valence-electron chi connectivity index (χ4n) is 3.25. The topological polar surface area (TPSA) is 81.7 Å². The van der Waals surface area contributed by atoms with Crippen molar-refractivity contribution in [2.75, 3.05) is 14.2 Å². The van der Waals surface area contributed by atoms with Gasteiger partial charge in [0.05, 0.1) is 14.2 Å². The molecule has 25 heavy (non-hydrogen) atoms. The van der Waals surface area contributed by atoms with Gasteiger partial charge in [0.25, 0.3) is 0 Å². The Labute approximate surface area is 149 Å². The normalized spacial score (nSPS) is 22.1. The predicted octanol–water partition coefficient (Wildman–Crippen LogP) is 2.56. The van der Waals surface area contributed by atoms with Crippen LogP contribution in [0.1, 0.15) is 39.5 Å². The number of nitrogens with one attached hydrogen (secondary N) is 1. The summed E-state index contributed by atoms with van der Waals surface area (Å²) in [6, 6.07) is 4.76. The van der Waals surface area contributed by atoms with Gasteiger partial charge >= 0.3 is 0 Å². The summed E-state index contributed by atoms with van der Waals surface area (Å²) in [4.78, 5) is 12.5. The van der Waals surface area contributed by atoms with Gasteiger partial charge < -0.3 is 14.8 Å². The Kier molecular flexibility index (Phi) is 6.32. The predicted molar refractivity (Wildman–Crippen MR) is 95.8 cm³/mol. The average molecular weight is 369 g/mol. The molecule has 3 unspecified atom stereocenters. The van der Waals surface area contributed by atoms with Gasteiger partial charge in [-0.2, -0.15) is 0 Å². The van der Waals surface area contributed by atoms with E-state index in [0.29, 0.717) is 5.92 Å². The highest BCUT2D eigenvalue weighted by Crippen LogP contribution is 2.35. The van der Waals surface area contributed by atoms with Crippen LogP contribution in [-0.2, 0) is 14.6 Å². The Bertz CT molecular complexity index is 694. The molecule has 0 spiro atoms. The third-order valence-electron chi connectivity index (χ3n) is 4.94. The molecule has 0 aliphatic heterocycles. The van der Waals surface area contributed by atoms with E-state index in [9.17, 15) is 13.2 Å². The van der Waals surface area contributed by atoms with Crippen molar-refractivity contribution in [3.63, 3.8) is 0 Å². The second-order valence-electron chi connectivity index (χ2n) is 6.56. The average Bonchev–Trinajstić information content (AvgIpc) is 2.61. The van der Waals surface area contributed by atoms with Crippen molar-refractivity contribution >= 4 is 15.7 Å². The Hall–Kier alpha value is -1.76. The molecule has 1 saturated carbocycles. The molecule has 0 saturated heterocycles. The van der Waals surface area contributed by atoms with Crippen LogP contribution < -0.4 is 14.8 Å². The monoisotopic (exact) mass is 369 g/mol. The molecule has 1 aliphatic rings. The molecule has 140 valence electrons. The van der Waals surface area contributed by atoms with E-state index >= 15 is 0 Å². The minimum atomic E-state index is -3.95. The molecule has 0 radical (unpaired) electrons. The standard InChI is InChI=1S/C18H27NO5S/c1-12-8-5-6-9-14(12)19-18(20)13(2)25(21,22)17-15(23-3)10-7-11-16(17)24-4/h7,10-14H,5-6,8-9H2,1-4H3,(H,19,20). The van der Waals surface area contributed by atoms with Gasteiger partial charge in [0.2, 0.25) is 5.91 Å². The van der Waals surface area contributed by atoms with Crippen molar-refractivity contribution in [1.29, 1.82) is 0 Å². The lowest BCUT2D eigenvalue weighted by molar-refractivity contribution is -0.121. The number of ether oxygens (including phenoxy) is 2. The van der Waals surface area contributed by atoms with E-state index in [4.69, 9.17) is 9.47 Å². The first-order valence-electron chi connectivity index (χ1n) is 8.58. The van der Waals surface area contributed by atoms with Crippen molar-refractivity contribution in [2.45, 2.75) is 55.7 Å². The lowest BCUT2D eigenvalue weighted by Gasteiger charge is -2.30. The summed E-state index contributed by atoms with van der Waals surface area (Å²) in [5.41, 5.74) is 0. The first-order valence-corrected chi connectivity index (χ1v) is 10.1. The molecular formula is C18H27NO5S. The van der Waals surface area contributed by atoms with Gasteiger partial charge in [-0.05, 0) is 37.8 Å². The van der Waals surface area contributed by atoms with Crippen molar-refractivity contribution in [1.82, 2.24) is 5.32 Å². The zero-order valence-corrected chi connectivity index (χ0v) is 16.1. The summed E-state index contributed by atoms with van der Waals surface area (Å²) >= 11 is 0. The third kappa shape index (κ3) is 4.08. The van der Waals surface area contributed by atoms with Gasteiger partial charge in [0.1, 0.15) is 16.7 Å². The summed E-state index contributed by atoms with van der Waals surface area (Å²) in [7, 11) is -1.17. The highest BCUT2D eigenvalue weighted by Gasteiger charge is 2.36. The van der Waals surface area contributed by atoms with E-state index in [2.05, 4.69) is 12.2 Å². The van der Waals surface area contributed by atoms with Gasteiger partial charge in [-0.25, -0.2) is 8.42 Å². The number of amides is 1. The lowest BCUT2D eigenvalue weighted by Crippen LogP contribution is -2.47. The number of hydrogen-bond acceptors (Lipinski definition) is 5. The van der Waals surface area contributed by atoms with Crippen LogP contribution in [0.2, 0.25) is 0 Å². The van der Waals surface area contributed by atoms with E-state index in [1.54, 1.807) is 18.2 Å². The number of carbonyl (C=O) groups is 1. The lowest BCUT2D eigenvalue weighted by atomic mass is 9.86. The molecule has 1 aromatic rings. The highest BCUT2D eigenvalue weighted by atomic mass is 32.2. The van der Waals surface area contributed by atoms with Gasteiger partial charge in [-0.1, -0.05) is 25.8 Å². The second kappa shape index (κ2) is 8.08. The molecule has 6 nitrogen and oxygen atoms in total. The number of rotatable bonds is 6. The van der Waals surface area contributed by atoms with E-state index in [1.165, 1.54) is 21.1 Å². The Morgan fingerprint density at radius 3 is 2.24 bits per heavy atom. The van der Waals surface area contributed by atoms with Crippen molar-refractivity contribution in [3.05, 3.63) is 18.2 Å². The Morgan fingerprint density at radius 2 is 1.72 bits per heavy atom. The number of carbonyl (C=O) groups excluding carboxylic acids is 1. The van der Waals surface area contributed by atoms with Crippen LogP contribution in [0.4, 0.5) is 0 Å². The van der Waals surface area contributed by atoms with Gasteiger partial charge in [-0.15, -0.1) is 0 Å². The molecular weight excluding hydrogens is 342 g/mol. The first kappa shape index (κ1) is 19.6. The molecule has 3 atom stereocenters. The summed E-state index contributed by atoms with van der Waals surface area (Å²) < 4.78 is 36.4. The zero-order chi connectivity index (χ0) is 18.6. The minimum absolute atomic E-state index is 0.0264. The number of hydrogen-bond donors (Lipinski definition) is 1. The highest BCUT2D eigenvalue weighted by molar-refractivity contribution is 7.93. The van der Waals surface area contributed by atoms with E-state index < -0.39 is 21.0 Å². The summed E-state index contributed by atoms with van der Waals surface area (Å²) in [6.07, 6.45) is 4.14. The van der Waals surface area contributed by atoms with E-state index in [1.807, 2.05) is 0 Å². The maximum atomic E-state index is 13.0. The smallest absolute Gasteiger partial charge is 0.238 e. The van der Waals surface area contributed by atoms with Gasteiger partial charge in [0.15, 0.2) is 14.7 Å². The summed E-state index contributed by atoms with van der Waals surface area (Å²) in [5.74, 6) is 0.218. The molecule has 0 heterocycles. The summed E-state index contributed by atoms with van der Waals surface area (Å²) in [6.45, 7) is 3.50. The molecule has 2 rings (SSSR count). The third-order valence-corrected chi connectivity index (χ3v) is 7.06. The van der Waals surface area contributed by atoms with Crippen molar-refractivity contribution in [3.8, 4) is 11.5 Å². The fourth-order valence-corrected chi connectivity index (χ4v) is 4.81. The van der Waals surface area contributed by atoms with Crippen LogP contribution in [0.25, 0.3) is 0 Å². The molecule has 1 aliphatic carbocycles. The fraction of sp³-hybridized carbons (Fsp3) is 0.611. The van der Waals surface area contributed by atoms with Gasteiger partial charge in [0, 0.05) is 6.04 Å². The minimum Gasteiger partial charge on any atom is -0.495 e. The molecule has 0 aromatic heterocycles. The van der Waals surface area contributed by atoms with E-state index in [-0.39, 0.29) is 22.4 Å². The SMILES string of the molecule is COc1cccc(OC)c1S(=O)(=O)C(C)C(=O)NC1CCCCC1C. The molecule has 1 amide bonds. The van der Waals surface area contributed by atoms with Crippen LogP contribution in [0, 0.1) is 5.92 Å². The largest absolute Gasteiger partial charge is 0.495 e. The molecule has 1 fully saturated rings. The van der Waals surface area contributed by atoms with Gasteiger partial charge in [-0.3, -0.25) is 4.79 Å². The molecule has 1 N–H and O–H groups in total. The first-order chi connectivity index (χ1) is 11.8. The van der Waals surface area contributed by atoms with Crippen LogP contribution in [0.15, 0.2) is 23.1 Å². The molecule has 1 aromatic carbocycles. The maximum Gasteiger partial charge on any atom is 0.238 e. The van der Waals surface area contributed by atoms with Crippen LogP contribution in [-0.4, -0.2) is 39.8 Å². The van der Waals surface area contributed by atoms with E-state index in [0.717, 1.165) is 25.7 Å². The van der Waals surface area contributed by atoms with Crippen molar-refractivity contribution in [2.24, 2.45) is 5.92 Å². The van der Waals surface area contributed by atoms with Crippen LogP contribution in [0.3, 0.4) is 0 Å².